The molecule has 1 aromatic heterocycles. The molecule has 2 aliphatic rings. The number of nitrogens with zero attached hydrogens (tertiary/aromatic N) is 5. The number of rotatable bonds is 2. The van der Waals surface area contributed by atoms with Crippen LogP contribution in [0.1, 0.15) is 5.56 Å². The summed E-state index contributed by atoms with van der Waals surface area (Å²) in [5, 5.41) is 4.24. The number of aliphatic imine (C=N–C) groups is 1. The number of amidine groups is 1. The van der Waals surface area contributed by atoms with E-state index in [2.05, 4.69) is 10.1 Å². The van der Waals surface area contributed by atoms with Gasteiger partial charge in [0.15, 0.2) is 0 Å². The first-order chi connectivity index (χ1) is 10.2. The number of aromatic nitrogens is 3. The molecule has 0 saturated heterocycles. The maximum Gasteiger partial charge on any atom is 0.352 e. The Morgan fingerprint density at radius 2 is 2.14 bits per heavy atom. The SMILES string of the molecule is NC(=O)Cn1nc2n(c1=O)-c1ccccc1C1=NCCN12. The zero-order chi connectivity index (χ0) is 14.6. The van der Waals surface area contributed by atoms with Crippen molar-refractivity contribution in [3.63, 3.8) is 0 Å². The Bertz CT molecular complexity index is 847. The predicted molar refractivity (Wildman–Crippen MR) is 75.8 cm³/mol. The number of hydrogen-bond acceptors (Lipinski definition) is 5. The molecule has 21 heavy (non-hydrogen) atoms. The molecule has 1 aromatic carbocycles. The number of nitrogens with two attached hydrogens (primary N) is 1. The van der Waals surface area contributed by atoms with Gasteiger partial charge in [0.2, 0.25) is 11.9 Å². The van der Waals surface area contributed by atoms with Gasteiger partial charge in [0, 0.05) is 12.1 Å². The highest BCUT2D eigenvalue weighted by atomic mass is 16.2. The lowest BCUT2D eigenvalue weighted by atomic mass is 10.1. The molecular formula is C13H12N6O2. The molecule has 0 spiro atoms. The third-order valence-corrected chi connectivity index (χ3v) is 3.60. The smallest absolute Gasteiger partial charge is 0.352 e. The maximum absolute atomic E-state index is 12.5. The summed E-state index contributed by atoms with van der Waals surface area (Å²) in [5.74, 6) is 0.696. The van der Waals surface area contributed by atoms with Gasteiger partial charge in [-0.2, -0.15) is 0 Å². The predicted octanol–water partition coefficient (Wildman–Crippen LogP) is -0.901. The summed E-state index contributed by atoms with van der Waals surface area (Å²) in [6, 6.07) is 7.52. The van der Waals surface area contributed by atoms with Gasteiger partial charge < -0.3 is 5.73 Å². The van der Waals surface area contributed by atoms with Crippen molar-refractivity contribution in [1.29, 1.82) is 0 Å². The van der Waals surface area contributed by atoms with Crippen molar-refractivity contribution in [2.75, 3.05) is 18.0 Å². The normalized spacial score (nSPS) is 15.2. The van der Waals surface area contributed by atoms with Gasteiger partial charge in [0.25, 0.3) is 0 Å². The average Bonchev–Trinajstić information content (AvgIpc) is 3.05. The molecule has 106 valence electrons. The summed E-state index contributed by atoms with van der Waals surface area (Å²) in [4.78, 5) is 29.9. The molecule has 0 saturated carbocycles. The molecule has 0 aliphatic carbocycles. The zero-order valence-electron chi connectivity index (χ0n) is 11.1. The summed E-state index contributed by atoms with van der Waals surface area (Å²) < 4.78 is 2.60. The molecule has 0 radical (unpaired) electrons. The lowest BCUT2D eigenvalue weighted by molar-refractivity contribution is -0.118. The van der Waals surface area contributed by atoms with Gasteiger partial charge in [-0.25, -0.2) is 14.0 Å². The van der Waals surface area contributed by atoms with E-state index in [1.807, 2.05) is 29.2 Å². The number of para-hydroxylation sites is 1. The molecule has 4 rings (SSSR count). The van der Waals surface area contributed by atoms with E-state index in [1.54, 1.807) is 0 Å². The van der Waals surface area contributed by atoms with Gasteiger partial charge in [-0.3, -0.25) is 14.7 Å². The van der Waals surface area contributed by atoms with Crippen molar-refractivity contribution >= 4 is 17.7 Å². The number of fused-ring (bicyclic) bond motifs is 6. The first-order valence-electron chi connectivity index (χ1n) is 6.57. The van der Waals surface area contributed by atoms with Crippen LogP contribution in [0.2, 0.25) is 0 Å². The Hall–Kier alpha value is -2.90. The summed E-state index contributed by atoms with van der Waals surface area (Å²) in [6.07, 6.45) is 0. The first-order valence-corrected chi connectivity index (χ1v) is 6.57. The summed E-state index contributed by atoms with van der Waals surface area (Å²) in [7, 11) is 0. The Morgan fingerprint density at radius 3 is 2.95 bits per heavy atom. The number of benzene rings is 1. The molecule has 2 aliphatic heterocycles. The van der Waals surface area contributed by atoms with Crippen molar-refractivity contribution in [3.8, 4) is 5.69 Å². The van der Waals surface area contributed by atoms with E-state index in [0.29, 0.717) is 19.0 Å². The second kappa shape index (κ2) is 4.05. The Balaban J connectivity index is 2.01. The molecule has 0 atom stereocenters. The van der Waals surface area contributed by atoms with E-state index in [-0.39, 0.29) is 12.2 Å². The van der Waals surface area contributed by atoms with Crippen molar-refractivity contribution in [3.05, 3.63) is 40.3 Å². The molecule has 2 N–H and O–H groups in total. The molecule has 3 heterocycles. The van der Waals surface area contributed by atoms with Gasteiger partial charge in [-0.05, 0) is 12.1 Å². The summed E-state index contributed by atoms with van der Waals surface area (Å²) >= 11 is 0. The fraction of sp³-hybridized carbons (Fsp3) is 0.231. The van der Waals surface area contributed by atoms with Crippen molar-refractivity contribution < 1.29 is 4.79 Å². The Morgan fingerprint density at radius 1 is 1.33 bits per heavy atom. The van der Waals surface area contributed by atoms with Crippen LogP contribution in [0.25, 0.3) is 5.69 Å². The van der Waals surface area contributed by atoms with Gasteiger partial charge in [0.05, 0.1) is 12.2 Å². The molecule has 8 heteroatoms. The van der Waals surface area contributed by atoms with Crippen LogP contribution in [0.3, 0.4) is 0 Å². The van der Waals surface area contributed by atoms with Crippen LogP contribution >= 0.6 is 0 Å². The van der Waals surface area contributed by atoms with Crippen molar-refractivity contribution in [2.45, 2.75) is 6.54 Å². The average molecular weight is 284 g/mol. The number of amides is 1. The van der Waals surface area contributed by atoms with Crippen LogP contribution < -0.4 is 16.3 Å². The van der Waals surface area contributed by atoms with Crippen LogP contribution in [-0.4, -0.2) is 39.2 Å². The monoisotopic (exact) mass is 284 g/mol. The highest BCUT2D eigenvalue weighted by molar-refractivity contribution is 6.14. The van der Waals surface area contributed by atoms with Crippen molar-refractivity contribution in [2.24, 2.45) is 10.7 Å². The summed E-state index contributed by atoms with van der Waals surface area (Å²) in [6.45, 7) is 1.08. The number of carbonyl (C=O) groups is 1. The molecule has 0 bridgehead atoms. The third kappa shape index (κ3) is 1.55. The van der Waals surface area contributed by atoms with Crippen LogP contribution in [0.4, 0.5) is 5.95 Å². The van der Waals surface area contributed by atoms with Gasteiger partial charge in [0.1, 0.15) is 12.4 Å². The number of hydrogen-bond donors (Lipinski definition) is 1. The number of carbonyl (C=O) groups excluding carboxylic acids is 1. The van der Waals surface area contributed by atoms with E-state index in [0.717, 1.165) is 21.8 Å². The molecule has 0 unspecified atom stereocenters. The van der Waals surface area contributed by atoms with E-state index < -0.39 is 5.91 Å². The highest BCUT2D eigenvalue weighted by Crippen LogP contribution is 2.29. The van der Waals surface area contributed by atoms with Crippen LogP contribution in [-0.2, 0) is 11.3 Å². The van der Waals surface area contributed by atoms with E-state index in [1.165, 1.54) is 4.57 Å². The molecule has 0 fully saturated rings. The van der Waals surface area contributed by atoms with Crippen LogP contribution in [0, 0.1) is 0 Å². The molecule has 2 aromatic rings. The van der Waals surface area contributed by atoms with E-state index >= 15 is 0 Å². The second-order valence-electron chi connectivity index (χ2n) is 4.92. The lowest BCUT2D eigenvalue weighted by Crippen LogP contribution is -2.37. The number of anilines is 1. The van der Waals surface area contributed by atoms with Gasteiger partial charge in [-0.1, -0.05) is 12.1 Å². The molecular weight excluding hydrogens is 272 g/mol. The fourth-order valence-electron chi connectivity index (χ4n) is 2.76. The van der Waals surface area contributed by atoms with Crippen molar-refractivity contribution in [1.82, 2.24) is 14.3 Å². The van der Waals surface area contributed by atoms with Gasteiger partial charge >= 0.3 is 5.69 Å². The van der Waals surface area contributed by atoms with E-state index in [4.69, 9.17) is 5.73 Å². The minimum atomic E-state index is -0.601. The maximum atomic E-state index is 12.5. The Kier molecular flexibility index (Phi) is 2.29. The topological polar surface area (TPSA) is 98.5 Å². The minimum absolute atomic E-state index is 0.235. The lowest BCUT2D eigenvalue weighted by Gasteiger charge is -2.26. The second-order valence-corrected chi connectivity index (χ2v) is 4.92. The minimum Gasteiger partial charge on any atom is -0.368 e. The van der Waals surface area contributed by atoms with Gasteiger partial charge in [-0.15, -0.1) is 5.10 Å². The summed E-state index contributed by atoms with van der Waals surface area (Å²) in [5.41, 5.74) is 6.41. The number of primary amides is 1. The first kappa shape index (κ1) is 11.9. The standard InChI is InChI=1S/C13H12N6O2/c14-10(20)7-18-13(21)19-9-4-2-1-3-8(9)11-15-5-6-17(11)12(19)16-18/h1-4H,5-7H2,(H2,14,20). The Labute approximate surface area is 119 Å². The third-order valence-electron chi connectivity index (χ3n) is 3.60. The zero-order valence-corrected chi connectivity index (χ0v) is 11.1. The quantitative estimate of drug-likeness (QED) is 0.772. The van der Waals surface area contributed by atoms with E-state index in [9.17, 15) is 9.59 Å². The fourth-order valence-corrected chi connectivity index (χ4v) is 2.76. The van der Waals surface area contributed by atoms with Crippen LogP contribution in [0.5, 0.6) is 0 Å². The largest absolute Gasteiger partial charge is 0.368 e. The highest BCUT2D eigenvalue weighted by Gasteiger charge is 2.34. The molecule has 1 amide bonds. The van der Waals surface area contributed by atoms with Crippen LogP contribution in [0.15, 0.2) is 34.1 Å². The molecule has 8 nitrogen and oxygen atoms in total.